The third-order valence-electron chi connectivity index (χ3n) is 3.28. The van der Waals surface area contributed by atoms with Gasteiger partial charge in [0.25, 0.3) is 0 Å². The molecule has 0 amide bonds. The van der Waals surface area contributed by atoms with Crippen LogP contribution >= 0.6 is 0 Å². The van der Waals surface area contributed by atoms with Gasteiger partial charge in [0.1, 0.15) is 12.6 Å². The van der Waals surface area contributed by atoms with Gasteiger partial charge in [-0.05, 0) is 19.4 Å². The van der Waals surface area contributed by atoms with Gasteiger partial charge in [-0.1, -0.05) is 48.5 Å². The zero-order chi connectivity index (χ0) is 18.5. The van der Waals surface area contributed by atoms with E-state index in [4.69, 9.17) is 14.6 Å². The van der Waals surface area contributed by atoms with Crippen molar-refractivity contribution in [2.24, 2.45) is 0 Å². The molecule has 5 nitrogen and oxygen atoms in total. The molecule has 0 saturated carbocycles. The van der Waals surface area contributed by atoms with Crippen molar-refractivity contribution in [1.82, 2.24) is 0 Å². The highest BCUT2D eigenvalue weighted by molar-refractivity contribution is 5.75. The van der Waals surface area contributed by atoms with E-state index in [0.717, 1.165) is 23.7 Å². The number of hydrogen-bond acceptors (Lipinski definition) is 5. The van der Waals surface area contributed by atoms with Gasteiger partial charge in [0.2, 0.25) is 0 Å². The third kappa shape index (κ3) is 7.39. The molecule has 2 aromatic rings. The molecule has 0 aliphatic rings. The second-order valence-corrected chi connectivity index (χ2v) is 5.04. The molecule has 0 aliphatic carbocycles. The maximum Gasteiger partial charge on any atom is 0.183 e. The Labute approximate surface area is 148 Å². The number of hydrogen-bond donors (Lipinski definition) is 1. The molecule has 5 heteroatoms. The molecule has 0 saturated heterocycles. The Hall–Kier alpha value is -2.34. The lowest BCUT2D eigenvalue weighted by Crippen LogP contribution is -2.08. The van der Waals surface area contributed by atoms with Gasteiger partial charge in [-0.2, -0.15) is 0 Å². The molecule has 0 atom stereocenters. The van der Waals surface area contributed by atoms with Crippen LogP contribution in [0.15, 0.2) is 48.5 Å². The van der Waals surface area contributed by atoms with Gasteiger partial charge in [-0.3, -0.25) is 9.59 Å². The molecule has 0 bridgehead atoms. The minimum Gasteiger partial charge on any atom is -0.392 e. The van der Waals surface area contributed by atoms with Gasteiger partial charge in [0.05, 0.1) is 6.61 Å². The summed E-state index contributed by atoms with van der Waals surface area (Å²) in [6.07, 6.45) is 1.27. The van der Waals surface area contributed by atoms with Crippen molar-refractivity contribution in [3.05, 3.63) is 70.8 Å². The maximum atomic E-state index is 10.5. The summed E-state index contributed by atoms with van der Waals surface area (Å²) in [4.78, 5) is 20.6. The molecule has 0 fully saturated rings. The molecule has 134 valence electrons. The van der Waals surface area contributed by atoms with E-state index in [1.807, 2.05) is 26.0 Å². The van der Waals surface area contributed by atoms with E-state index < -0.39 is 0 Å². The van der Waals surface area contributed by atoms with Crippen molar-refractivity contribution in [3.8, 4) is 0 Å². The summed E-state index contributed by atoms with van der Waals surface area (Å²) in [5.74, 6) is 0. The highest BCUT2D eigenvalue weighted by Gasteiger charge is 2.10. The Morgan fingerprint density at radius 1 is 0.840 bits per heavy atom. The van der Waals surface area contributed by atoms with Crippen LogP contribution in [-0.4, -0.2) is 30.9 Å². The number of carbonyl (C=O) groups excluding carboxylic acids is 2. The van der Waals surface area contributed by atoms with Crippen LogP contribution in [0.4, 0.5) is 0 Å². The number of benzene rings is 2. The molecule has 0 aromatic heterocycles. The van der Waals surface area contributed by atoms with Crippen LogP contribution in [0.2, 0.25) is 0 Å². The standard InChI is InChI=1S/C12H16O3.C8H8O2/c1-3-14-12(15-4-2)11-7-5-10(9-13)6-8-11;9-5-7-1-2-8(6-10)4-3-7/h5-9,12H,3-4H2,1-2H3;1-5,10H,6H2. The number of ether oxygens (including phenoxy) is 2. The molecular formula is C20H24O5. The van der Waals surface area contributed by atoms with Crippen LogP contribution in [-0.2, 0) is 16.1 Å². The molecular weight excluding hydrogens is 320 g/mol. The van der Waals surface area contributed by atoms with E-state index in [2.05, 4.69) is 0 Å². The molecule has 0 spiro atoms. The number of rotatable bonds is 8. The van der Waals surface area contributed by atoms with Crippen molar-refractivity contribution in [2.75, 3.05) is 13.2 Å². The summed E-state index contributed by atoms with van der Waals surface area (Å²) in [6, 6.07) is 14.0. The Kier molecular flexibility index (Phi) is 10.0. The van der Waals surface area contributed by atoms with Crippen molar-refractivity contribution >= 4 is 12.6 Å². The lowest BCUT2D eigenvalue weighted by Gasteiger charge is -2.17. The van der Waals surface area contributed by atoms with Gasteiger partial charge in [-0.25, -0.2) is 0 Å². The lowest BCUT2D eigenvalue weighted by atomic mass is 10.1. The molecule has 2 rings (SSSR count). The van der Waals surface area contributed by atoms with E-state index in [0.29, 0.717) is 24.3 Å². The molecule has 0 unspecified atom stereocenters. The molecule has 1 N–H and O–H groups in total. The Bertz CT molecular complexity index is 614. The van der Waals surface area contributed by atoms with Crippen molar-refractivity contribution < 1.29 is 24.2 Å². The minimum absolute atomic E-state index is 0.0269. The quantitative estimate of drug-likeness (QED) is 0.585. The van der Waals surface area contributed by atoms with Gasteiger partial charge in [0, 0.05) is 29.9 Å². The zero-order valence-electron chi connectivity index (χ0n) is 14.6. The molecule has 25 heavy (non-hydrogen) atoms. The van der Waals surface area contributed by atoms with Gasteiger partial charge in [0.15, 0.2) is 6.29 Å². The van der Waals surface area contributed by atoms with Crippen LogP contribution in [0.3, 0.4) is 0 Å². The van der Waals surface area contributed by atoms with Gasteiger partial charge >= 0.3 is 0 Å². The second kappa shape index (κ2) is 12.1. The van der Waals surface area contributed by atoms with Crippen molar-refractivity contribution in [3.63, 3.8) is 0 Å². The number of aliphatic hydroxyl groups excluding tert-OH is 1. The molecule has 0 radical (unpaired) electrons. The predicted molar refractivity (Wildman–Crippen MR) is 95.6 cm³/mol. The fraction of sp³-hybridized carbons (Fsp3) is 0.300. The highest BCUT2D eigenvalue weighted by Crippen LogP contribution is 2.18. The largest absolute Gasteiger partial charge is 0.392 e. The van der Waals surface area contributed by atoms with E-state index >= 15 is 0 Å². The Morgan fingerprint density at radius 2 is 1.28 bits per heavy atom. The first-order valence-corrected chi connectivity index (χ1v) is 8.11. The SMILES string of the molecule is CCOC(OCC)c1ccc(C=O)cc1.O=Cc1ccc(CO)cc1. The van der Waals surface area contributed by atoms with Crippen LogP contribution in [0.5, 0.6) is 0 Å². The molecule has 0 heterocycles. The van der Waals surface area contributed by atoms with Crippen LogP contribution in [0, 0.1) is 0 Å². The smallest absolute Gasteiger partial charge is 0.183 e. The maximum absolute atomic E-state index is 10.5. The highest BCUT2D eigenvalue weighted by atomic mass is 16.7. The van der Waals surface area contributed by atoms with E-state index in [1.165, 1.54) is 0 Å². The van der Waals surface area contributed by atoms with Crippen molar-refractivity contribution in [2.45, 2.75) is 26.7 Å². The summed E-state index contributed by atoms with van der Waals surface area (Å²) in [6.45, 7) is 5.07. The Balaban J connectivity index is 0.000000271. The zero-order valence-corrected chi connectivity index (χ0v) is 14.6. The summed E-state index contributed by atoms with van der Waals surface area (Å²) in [5, 5.41) is 8.61. The first kappa shape index (κ1) is 20.7. The predicted octanol–water partition coefficient (Wildman–Crippen LogP) is 3.56. The van der Waals surface area contributed by atoms with E-state index in [-0.39, 0.29) is 12.9 Å². The topological polar surface area (TPSA) is 72.8 Å². The van der Waals surface area contributed by atoms with Crippen LogP contribution in [0.25, 0.3) is 0 Å². The monoisotopic (exact) mass is 344 g/mol. The fourth-order valence-electron chi connectivity index (χ4n) is 1.98. The number of carbonyl (C=O) groups is 2. The first-order chi connectivity index (χ1) is 12.2. The van der Waals surface area contributed by atoms with E-state index in [1.54, 1.807) is 36.4 Å². The fourth-order valence-corrected chi connectivity index (χ4v) is 1.98. The second-order valence-electron chi connectivity index (χ2n) is 5.04. The normalized spacial score (nSPS) is 10.1. The number of aliphatic hydroxyl groups is 1. The van der Waals surface area contributed by atoms with E-state index in [9.17, 15) is 9.59 Å². The third-order valence-corrected chi connectivity index (χ3v) is 3.28. The van der Waals surface area contributed by atoms with Gasteiger partial charge < -0.3 is 14.6 Å². The summed E-state index contributed by atoms with van der Waals surface area (Å²) in [7, 11) is 0. The van der Waals surface area contributed by atoms with Gasteiger partial charge in [-0.15, -0.1) is 0 Å². The van der Waals surface area contributed by atoms with Crippen LogP contribution in [0.1, 0.15) is 52.0 Å². The molecule has 0 aliphatic heterocycles. The first-order valence-electron chi connectivity index (χ1n) is 8.11. The summed E-state index contributed by atoms with van der Waals surface area (Å²) < 4.78 is 10.9. The summed E-state index contributed by atoms with van der Waals surface area (Å²) >= 11 is 0. The number of aldehydes is 2. The average Bonchev–Trinajstić information content (AvgIpc) is 2.68. The Morgan fingerprint density at radius 3 is 1.64 bits per heavy atom. The minimum atomic E-state index is -0.333. The average molecular weight is 344 g/mol. The lowest BCUT2D eigenvalue weighted by molar-refractivity contribution is -0.140. The van der Waals surface area contributed by atoms with Crippen LogP contribution < -0.4 is 0 Å². The summed E-state index contributed by atoms with van der Waals surface area (Å²) in [5.41, 5.74) is 3.05. The van der Waals surface area contributed by atoms with Crippen molar-refractivity contribution in [1.29, 1.82) is 0 Å². The molecule has 2 aromatic carbocycles.